The van der Waals surface area contributed by atoms with Gasteiger partial charge < -0.3 is 10.1 Å². The summed E-state index contributed by atoms with van der Waals surface area (Å²) in [4.78, 5) is 23.2. The van der Waals surface area contributed by atoms with Gasteiger partial charge in [-0.1, -0.05) is 25.1 Å². The zero-order valence-electron chi connectivity index (χ0n) is 13.3. The zero-order valence-corrected chi connectivity index (χ0v) is 13.3. The second-order valence-corrected chi connectivity index (χ2v) is 5.04. The van der Waals surface area contributed by atoms with Gasteiger partial charge >= 0.3 is 0 Å². The Kier molecular flexibility index (Phi) is 7.67. The van der Waals surface area contributed by atoms with Gasteiger partial charge in [0.1, 0.15) is 5.75 Å². The fourth-order valence-corrected chi connectivity index (χ4v) is 1.56. The predicted molar refractivity (Wildman–Crippen MR) is 85.7 cm³/mol. The highest BCUT2D eigenvalue weighted by molar-refractivity contribution is 6.00. The molecule has 1 rings (SSSR count). The van der Waals surface area contributed by atoms with E-state index < -0.39 is 0 Å². The van der Waals surface area contributed by atoms with Gasteiger partial charge in [0.2, 0.25) is 5.91 Å². The van der Waals surface area contributed by atoms with Gasteiger partial charge in [-0.25, -0.2) is 5.43 Å². The van der Waals surface area contributed by atoms with E-state index in [0.717, 1.165) is 6.42 Å². The maximum atomic E-state index is 11.6. The van der Waals surface area contributed by atoms with Crippen LogP contribution in [0.2, 0.25) is 0 Å². The van der Waals surface area contributed by atoms with Crippen molar-refractivity contribution in [3.05, 3.63) is 30.3 Å². The Hall–Kier alpha value is -2.37. The molecule has 0 bridgehead atoms. The number of hydrazone groups is 1. The molecule has 1 aromatic carbocycles. The molecule has 2 N–H and O–H groups in total. The van der Waals surface area contributed by atoms with Gasteiger partial charge in [-0.2, -0.15) is 5.10 Å². The molecule has 2 amide bonds. The van der Waals surface area contributed by atoms with Crippen molar-refractivity contribution in [1.82, 2.24) is 10.7 Å². The third-order valence-corrected chi connectivity index (χ3v) is 2.92. The number of ether oxygens (including phenoxy) is 1. The van der Waals surface area contributed by atoms with Gasteiger partial charge in [0.25, 0.3) is 5.91 Å². The Morgan fingerprint density at radius 1 is 1.23 bits per heavy atom. The molecule has 0 aliphatic carbocycles. The topological polar surface area (TPSA) is 79.8 Å². The molecule has 1 atom stereocenters. The van der Waals surface area contributed by atoms with Crippen LogP contribution in [0.25, 0.3) is 0 Å². The average Bonchev–Trinajstić information content (AvgIpc) is 2.51. The molecule has 0 saturated carbocycles. The summed E-state index contributed by atoms with van der Waals surface area (Å²) in [6.45, 7) is 5.50. The van der Waals surface area contributed by atoms with E-state index in [4.69, 9.17) is 4.74 Å². The molecule has 1 aromatic rings. The van der Waals surface area contributed by atoms with Crippen LogP contribution in [0.5, 0.6) is 5.75 Å². The average molecular weight is 305 g/mol. The van der Waals surface area contributed by atoms with Crippen molar-refractivity contribution < 1.29 is 14.3 Å². The Morgan fingerprint density at radius 3 is 2.55 bits per heavy atom. The van der Waals surface area contributed by atoms with E-state index in [-0.39, 0.29) is 30.9 Å². The second kappa shape index (κ2) is 9.55. The van der Waals surface area contributed by atoms with Gasteiger partial charge in [-0.15, -0.1) is 0 Å². The van der Waals surface area contributed by atoms with Crippen LogP contribution in [0, 0.1) is 0 Å². The van der Waals surface area contributed by atoms with E-state index in [1.54, 1.807) is 19.1 Å². The molecule has 0 aliphatic rings. The normalized spacial score (nSPS) is 12.4. The number of carbonyl (C=O) groups is 2. The summed E-state index contributed by atoms with van der Waals surface area (Å²) in [5.41, 5.74) is 2.91. The molecule has 6 nitrogen and oxygen atoms in total. The highest BCUT2D eigenvalue weighted by atomic mass is 16.5. The first-order valence-electron chi connectivity index (χ1n) is 7.30. The number of para-hydroxylation sites is 1. The number of benzene rings is 1. The number of rotatable bonds is 8. The van der Waals surface area contributed by atoms with Crippen LogP contribution in [0.4, 0.5) is 0 Å². The summed E-state index contributed by atoms with van der Waals surface area (Å²) in [6.07, 6.45) is 1.03. The van der Waals surface area contributed by atoms with Crippen LogP contribution in [-0.2, 0) is 9.59 Å². The summed E-state index contributed by atoms with van der Waals surface area (Å²) in [6, 6.07) is 9.18. The summed E-state index contributed by atoms with van der Waals surface area (Å²) in [7, 11) is 0. The van der Waals surface area contributed by atoms with Crippen LogP contribution >= 0.6 is 0 Å². The largest absolute Gasteiger partial charge is 0.484 e. The quantitative estimate of drug-likeness (QED) is 0.568. The number of nitrogens with one attached hydrogen (secondary N) is 2. The minimum Gasteiger partial charge on any atom is -0.484 e. The van der Waals surface area contributed by atoms with Crippen LogP contribution in [0.1, 0.15) is 33.6 Å². The molecule has 120 valence electrons. The van der Waals surface area contributed by atoms with Crippen LogP contribution in [0.15, 0.2) is 35.4 Å². The van der Waals surface area contributed by atoms with Gasteiger partial charge in [0.15, 0.2) is 6.61 Å². The van der Waals surface area contributed by atoms with E-state index in [9.17, 15) is 9.59 Å². The predicted octanol–water partition coefficient (Wildman–Crippen LogP) is 1.86. The monoisotopic (exact) mass is 305 g/mol. The van der Waals surface area contributed by atoms with Crippen molar-refractivity contribution in [3.8, 4) is 5.75 Å². The molecule has 0 fully saturated rings. The van der Waals surface area contributed by atoms with Gasteiger partial charge in [0, 0.05) is 11.8 Å². The lowest BCUT2D eigenvalue weighted by Gasteiger charge is -2.11. The van der Waals surface area contributed by atoms with E-state index >= 15 is 0 Å². The number of nitrogens with zero attached hydrogens (tertiary/aromatic N) is 1. The highest BCUT2D eigenvalue weighted by Crippen LogP contribution is 2.07. The molecular formula is C16H23N3O3. The number of carbonyl (C=O) groups excluding carboxylic acids is 2. The van der Waals surface area contributed by atoms with E-state index in [0.29, 0.717) is 11.5 Å². The molecule has 0 aromatic heterocycles. The fraction of sp³-hybridized carbons (Fsp3) is 0.438. The maximum Gasteiger partial charge on any atom is 0.277 e. The van der Waals surface area contributed by atoms with Crippen molar-refractivity contribution in [3.63, 3.8) is 0 Å². The Labute approximate surface area is 130 Å². The number of hydrogen-bond acceptors (Lipinski definition) is 4. The minimum atomic E-state index is -0.370. The number of hydrogen-bond donors (Lipinski definition) is 2. The van der Waals surface area contributed by atoms with Crippen LogP contribution < -0.4 is 15.5 Å². The fourth-order valence-electron chi connectivity index (χ4n) is 1.56. The van der Waals surface area contributed by atoms with Crippen molar-refractivity contribution >= 4 is 17.5 Å². The van der Waals surface area contributed by atoms with E-state index in [1.165, 1.54) is 0 Å². The van der Waals surface area contributed by atoms with E-state index in [2.05, 4.69) is 15.8 Å². The van der Waals surface area contributed by atoms with Gasteiger partial charge in [0.05, 0.1) is 6.42 Å². The zero-order chi connectivity index (χ0) is 16.4. The molecule has 22 heavy (non-hydrogen) atoms. The second-order valence-electron chi connectivity index (χ2n) is 5.04. The molecule has 0 heterocycles. The van der Waals surface area contributed by atoms with Crippen LogP contribution in [-0.4, -0.2) is 30.2 Å². The lowest BCUT2D eigenvalue weighted by molar-refractivity contribution is -0.123. The summed E-state index contributed by atoms with van der Waals surface area (Å²) >= 11 is 0. The minimum absolute atomic E-state index is 0.106. The van der Waals surface area contributed by atoms with Gasteiger partial charge in [-0.3, -0.25) is 9.59 Å². The van der Waals surface area contributed by atoms with Crippen LogP contribution in [0.3, 0.4) is 0 Å². The first kappa shape index (κ1) is 17.7. The SMILES string of the molecule is CCC(C)NC(=O)C/C(C)=N/NC(=O)COc1ccccc1. The molecule has 0 aliphatic heterocycles. The third-order valence-electron chi connectivity index (χ3n) is 2.92. The maximum absolute atomic E-state index is 11.6. The van der Waals surface area contributed by atoms with Crippen molar-refractivity contribution in [2.75, 3.05) is 6.61 Å². The highest BCUT2D eigenvalue weighted by Gasteiger charge is 2.07. The number of amides is 2. The third kappa shape index (κ3) is 7.42. The summed E-state index contributed by atoms with van der Waals surface area (Å²) < 4.78 is 5.29. The lowest BCUT2D eigenvalue weighted by atomic mass is 10.2. The van der Waals surface area contributed by atoms with Crippen molar-refractivity contribution in [1.29, 1.82) is 0 Å². The molecule has 6 heteroatoms. The van der Waals surface area contributed by atoms with Crippen molar-refractivity contribution in [2.45, 2.75) is 39.7 Å². The van der Waals surface area contributed by atoms with E-state index in [1.807, 2.05) is 32.0 Å². The Morgan fingerprint density at radius 2 is 1.91 bits per heavy atom. The molecular weight excluding hydrogens is 282 g/mol. The van der Waals surface area contributed by atoms with Crippen molar-refractivity contribution in [2.24, 2.45) is 5.10 Å². The molecule has 0 spiro atoms. The summed E-state index contributed by atoms with van der Waals surface area (Å²) in [5.74, 6) is 0.141. The Balaban J connectivity index is 2.30. The first-order chi connectivity index (χ1) is 10.5. The Bertz CT molecular complexity index is 515. The standard InChI is InChI=1S/C16H23N3O3/c1-4-12(2)17-15(20)10-13(3)18-19-16(21)11-22-14-8-6-5-7-9-14/h5-9,12H,4,10-11H2,1-3H3,(H,17,20)(H,19,21)/b18-13+. The summed E-state index contributed by atoms with van der Waals surface area (Å²) in [5, 5.41) is 6.72. The smallest absolute Gasteiger partial charge is 0.277 e. The first-order valence-corrected chi connectivity index (χ1v) is 7.30. The molecule has 0 radical (unpaired) electrons. The van der Waals surface area contributed by atoms with Gasteiger partial charge in [-0.05, 0) is 32.4 Å². The molecule has 1 unspecified atom stereocenters. The lowest BCUT2D eigenvalue weighted by Crippen LogP contribution is -2.33. The molecule has 0 saturated heterocycles.